The second-order valence-electron chi connectivity index (χ2n) is 5.11. The van der Waals surface area contributed by atoms with Crippen LogP contribution in [0.15, 0.2) is 0 Å². The summed E-state index contributed by atoms with van der Waals surface area (Å²) in [5, 5.41) is 7.01. The second kappa shape index (κ2) is 5.83. The highest BCUT2D eigenvalue weighted by Gasteiger charge is 2.25. The van der Waals surface area contributed by atoms with E-state index in [-0.39, 0.29) is 0 Å². The fourth-order valence-corrected chi connectivity index (χ4v) is 2.35. The molecule has 0 amide bonds. The van der Waals surface area contributed by atoms with E-state index in [9.17, 15) is 0 Å². The lowest BCUT2D eigenvalue weighted by atomic mass is 9.98. The standard InChI is InChI=1S/C12H25N3/c1-15(12-2-3-12)9-8-14-10-11-4-6-13-7-5-11/h11-14H,2-10H2,1H3. The van der Waals surface area contributed by atoms with Gasteiger partial charge in [-0.15, -0.1) is 0 Å². The SMILES string of the molecule is CN(CCNCC1CCNCC1)C1CC1. The van der Waals surface area contributed by atoms with Crippen LogP contribution < -0.4 is 10.6 Å². The van der Waals surface area contributed by atoms with Crippen LogP contribution in [0.25, 0.3) is 0 Å². The predicted molar refractivity (Wildman–Crippen MR) is 64.1 cm³/mol. The monoisotopic (exact) mass is 211 g/mol. The van der Waals surface area contributed by atoms with Crippen LogP contribution in [-0.2, 0) is 0 Å². The molecule has 0 unspecified atom stereocenters. The summed E-state index contributed by atoms with van der Waals surface area (Å²) in [6.45, 7) is 6.04. The summed E-state index contributed by atoms with van der Waals surface area (Å²) < 4.78 is 0. The minimum atomic E-state index is 0.908. The van der Waals surface area contributed by atoms with Crippen molar-refractivity contribution in [3.63, 3.8) is 0 Å². The highest BCUT2D eigenvalue weighted by atomic mass is 15.2. The Labute approximate surface area is 93.6 Å². The van der Waals surface area contributed by atoms with Crippen molar-refractivity contribution in [3.8, 4) is 0 Å². The van der Waals surface area contributed by atoms with Crippen molar-refractivity contribution in [2.45, 2.75) is 31.7 Å². The van der Waals surface area contributed by atoms with Crippen LogP contribution in [0.1, 0.15) is 25.7 Å². The summed E-state index contributed by atoms with van der Waals surface area (Å²) in [7, 11) is 2.25. The van der Waals surface area contributed by atoms with Gasteiger partial charge in [0, 0.05) is 19.1 Å². The highest BCUT2D eigenvalue weighted by Crippen LogP contribution is 2.24. The molecule has 1 saturated carbocycles. The van der Waals surface area contributed by atoms with Gasteiger partial charge in [-0.25, -0.2) is 0 Å². The number of piperidine rings is 1. The molecule has 0 spiro atoms. The van der Waals surface area contributed by atoms with Crippen molar-refractivity contribution < 1.29 is 0 Å². The number of nitrogens with one attached hydrogen (secondary N) is 2. The molecule has 0 aromatic rings. The zero-order chi connectivity index (χ0) is 10.5. The molecule has 1 aliphatic heterocycles. The maximum atomic E-state index is 3.60. The molecule has 2 N–H and O–H groups in total. The van der Waals surface area contributed by atoms with Crippen LogP contribution in [0.3, 0.4) is 0 Å². The van der Waals surface area contributed by atoms with Gasteiger partial charge in [0.2, 0.25) is 0 Å². The van der Waals surface area contributed by atoms with E-state index >= 15 is 0 Å². The minimum absolute atomic E-state index is 0.908. The van der Waals surface area contributed by atoms with Crippen LogP contribution >= 0.6 is 0 Å². The number of rotatable bonds is 6. The third-order valence-corrected chi connectivity index (χ3v) is 3.70. The molecule has 1 saturated heterocycles. The first-order valence-corrected chi connectivity index (χ1v) is 6.48. The second-order valence-corrected chi connectivity index (χ2v) is 5.11. The Bertz CT molecular complexity index is 174. The third-order valence-electron chi connectivity index (χ3n) is 3.70. The van der Waals surface area contributed by atoms with Crippen LogP contribution in [0, 0.1) is 5.92 Å². The van der Waals surface area contributed by atoms with Gasteiger partial charge < -0.3 is 15.5 Å². The van der Waals surface area contributed by atoms with Gasteiger partial charge in [0.1, 0.15) is 0 Å². The molecule has 0 aromatic heterocycles. The third kappa shape index (κ3) is 4.09. The molecule has 88 valence electrons. The van der Waals surface area contributed by atoms with Gasteiger partial charge in [0.25, 0.3) is 0 Å². The van der Waals surface area contributed by atoms with Gasteiger partial charge >= 0.3 is 0 Å². The summed E-state index contributed by atoms with van der Waals surface area (Å²) in [6, 6.07) is 0.908. The Kier molecular flexibility index (Phi) is 4.42. The number of likely N-dealkylation sites (N-methyl/N-ethyl adjacent to an activating group) is 1. The molecule has 0 aromatic carbocycles. The lowest BCUT2D eigenvalue weighted by Crippen LogP contribution is -2.36. The zero-order valence-corrected chi connectivity index (χ0v) is 9.97. The molecule has 1 heterocycles. The molecule has 1 aliphatic carbocycles. The maximum Gasteiger partial charge on any atom is 0.0107 e. The van der Waals surface area contributed by atoms with Crippen LogP contribution in [0.4, 0.5) is 0 Å². The lowest BCUT2D eigenvalue weighted by molar-refractivity contribution is 0.306. The Morgan fingerprint density at radius 3 is 2.60 bits per heavy atom. The molecule has 2 fully saturated rings. The van der Waals surface area contributed by atoms with Crippen LogP contribution in [-0.4, -0.2) is 50.7 Å². The average molecular weight is 211 g/mol. The maximum absolute atomic E-state index is 3.60. The van der Waals surface area contributed by atoms with E-state index < -0.39 is 0 Å². The average Bonchev–Trinajstić information content (AvgIpc) is 3.09. The molecule has 2 rings (SSSR count). The van der Waals surface area contributed by atoms with Gasteiger partial charge in [0.05, 0.1) is 0 Å². The summed E-state index contributed by atoms with van der Waals surface area (Å²) in [6.07, 6.45) is 5.55. The van der Waals surface area contributed by atoms with Gasteiger partial charge in [-0.05, 0) is 58.3 Å². The molecule has 0 atom stereocenters. The summed E-state index contributed by atoms with van der Waals surface area (Å²) >= 11 is 0. The van der Waals surface area contributed by atoms with Gasteiger partial charge in [-0.2, -0.15) is 0 Å². The normalized spacial score (nSPS) is 23.6. The van der Waals surface area contributed by atoms with Crippen LogP contribution in [0.2, 0.25) is 0 Å². The molecule has 0 radical (unpaired) electrons. The fraction of sp³-hybridized carbons (Fsp3) is 1.00. The minimum Gasteiger partial charge on any atom is -0.317 e. The van der Waals surface area contributed by atoms with E-state index in [2.05, 4.69) is 22.6 Å². The van der Waals surface area contributed by atoms with Crippen molar-refractivity contribution in [1.29, 1.82) is 0 Å². The summed E-state index contributed by atoms with van der Waals surface area (Å²) in [5.74, 6) is 0.914. The van der Waals surface area contributed by atoms with Gasteiger partial charge in [-0.3, -0.25) is 0 Å². The lowest BCUT2D eigenvalue weighted by Gasteiger charge is -2.23. The Balaban J connectivity index is 1.46. The highest BCUT2D eigenvalue weighted by molar-refractivity contribution is 4.82. The van der Waals surface area contributed by atoms with E-state index in [0.717, 1.165) is 18.5 Å². The first kappa shape index (κ1) is 11.4. The molecular formula is C12H25N3. The van der Waals surface area contributed by atoms with Gasteiger partial charge in [-0.1, -0.05) is 0 Å². The van der Waals surface area contributed by atoms with Crippen LogP contribution in [0.5, 0.6) is 0 Å². The molecule has 2 aliphatic rings. The topological polar surface area (TPSA) is 27.3 Å². The molecule has 15 heavy (non-hydrogen) atoms. The number of hydrogen-bond acceptors (Lipinski definition) is 3. The zero-order valence-electron chi connectivity index (χ0n) is 9.97. The van der Waals surface area contributed by atoms with E-state index in [4.69, 9.17) is 0 Å². The smallest absolute Gasteiger partial charge is 0.0107 e. The number of nitrogens with zero attached hydrogens (tertiary/aromatic N) is 1. The molecule has 0 bridgehead atoms. The largest absolute Gasteiger partial charge is 0.317 e. The first-order chi connectivity index (χ1) is 7.36. The quantitative estimate of drug-likeness (QED) is 0.632. The molecule has 3 nitrogen and oxygen atoms in total. The van der Waals surface area contributed by atoms with Crippen molar-refractivity contribution in [1.82, 2.24) is 15.5 Å². The molecular weight excluding hydrogens is 186 g/mol. The van der Waals surface area contributed by atoms with E-state index in [1.165, 1.54) is 51.9 Å². The Hall–Kier alpha value is -0.120. The fourth-order valence-electron chi connectivity index (χ4n) is 2.35. The number of hydrogen-bond donors (Lipinski definition) is 2. The van der Waals surface area contributed by atoms with Crippen molar-refractivity contribution in [2.24, 2.45) is 5.92 Å². The Morgan fingerprint density at radius 1 is 1.20 bits per heavy atom. The van der Waals surface area contributed by atoms with Crippen molar-refractivity contribution in [2.75, 3.05) is 39.8 Å². The van der Waals surface area contributed by atoms with Crippen molar-refractivity contribution in [3.05, 3.63) is 0 Å². The van der Waals surface area contributed by atoms with E-state index in [1.54, 1.807) is 0 Å². The van der Waals surface area contributed by atoms with Crippen molar-refractivity contribution >= 4 is 0 Å². The summed E-state index contributed by atoms with van der Waals surface area (Å²) in [5.41, 5.74) is 0. The van der Waals surface area contributed by atoms with Gasteiger partial charge in [0.15, 0.2) is 0 Å². The van der Waals surface area contributed by atoms with E-state index in [0.29, 0.717) is 0 Å². The first-order valence-electron chi connectivity index (χ1n) is 6.48. The predicted octanol–water partition coefficient (Wildman–Crippen LogP) is 0.670. The molecule has 3 heteroatoms. The summed E-state index contributed by atoms with van der Waals surface area (Å²) in [4.78, 5) is 2.50. The Morgan fingerprint density at radius 2 is 1.93 bits per heavy atom. The van der Waals surface area contributed by atoms with E-state index in [1.807, 2.05) is 0 Å².